The van der Waals surface area contributed by atoms with E-state index in [2.05, 4.69) is 9.72 Å². The van der Waals surface area contributed by atoms with Gasteiger partial charge in [-0.3, -0.25) is 0 Å². The molecule has 17 heavy (non-hydrogen) atoms. The SMILES string of the molecule is COC(=O)c1ccc(N)c(OC2CCOC2)n1. The quantitative estimate of drug-likeness (QED) is 0.777. The van der Waals surface area contributed by atoms with Crippen LogP contribution in [0, 0.1) is 0 Å². The van der Waals surface area contributed by atoms with Crippen LogP contribution in [0.5, 0.6) is 5.88 Å². The number of methoxy groups -OCH3 is 1. The molecule has 0 aliphatic carbocycles. The maximum Gasteiger partial charge on any atom is 0.356 e. The first-order chi connectivity index (χ1) is 8.20. The van der Waals surface area contributed by atoms with E-state index in [1.165, 1.54) is 13.2 Å². The molecule has 0 saturated carbocycles. The minimum absolute atomic E-state index is 0.0577. The first-order valence-electron chi connectivity index (χ1n) is 5.30. The number of nitrogens with two attached hydrogens (primary N) is 1. The summed E-state index contributed by atoms with van der Waals surface area (Å²) in [6, 6.07) is 3.07. The highest BCUT2D eigenvalue weighted by Gasteiger charge is 2.20. The minimum atomic E-state index is -0.516. The molecule has 0 bridgehead atoms. The van der Waals surface area contributed by atoms with Crippen molar-refractivity contribution in [3.8, 4) is 5.88 Å². The van der Waals surface area contributed by atoms with Crippen molar-refractivity contribution in [3.63, 3.8) is 0 Å². The Balaban J connectivity index is 2.16. The molecule has 1 aliphatic rings. The Bertz CT molecular complexity index is 416. The van der Waals surface area contributed by atoms with Gasteiger partial charge in [0.2, 0.25) is 5.88 Å². The van der Waals surface area contributed by atoms with Crippen molar-refractivity contribution in [2.45, 2.75) is 12.5 Å². The van der Waals surface area contributed by atoms with Crippen LogP contribution in [0.15, 0.2) is 12.1 Å². The van der Waals surface area contributed by atoms with Gasteiger partial charge in [0.15, 0.2) is 5.69 Å². The number of carbonyl (C=O) groups excluding carboxylic acids is 1. The average molecular weight is 238 g/mol. The van der Waals surface area contributed by atoms with Crippen LogP contribution in [0.3, 0.4) is 0 Å². The molecule has 1 saturated heterocycles. The molecule has 1 atom stereocenters. The van der Waals surface area contributed by atoms with E-state index in [0.717, 1.165) is 6.42 Å². The summed E-state index contributed by atoms with van der Waals surface area (Å²) in [6.07, 6.45) is 0.738. The fraction of sp³-hybridized carbons (Fsp3) is 0.455. The van der Waals surface area contributed by atoms with Crippen molar-refractivity contribution in [1.29, 1.82) is 0 Å². The zero-order valence-corrected chi connectivity index (χ0v) is 9.51. The van der Waals surface area contributed by atoms with Crippen LogP contribution in [0.25, 0.3) is 0 Å². The van der Waals surface area contributed by atoms with Gasteiger partial charge in [0.25, 0.3) is 0 Å². The highest BCUT2D eigenvalue weighted by atomic mass is 16.6. The molecule has 1 aliphatic heterocycles. The van der Waals surface area contributed by atoms with E-state index in [-0.39, 0.29) is 17.7 Å². The third kappa shape index (κ3) is 2.65. The molecule has 0 amide bonds. The van der Waals surface area contributed by atoms with E-state index in [4.69, 9.17) is 15.2 Å². The van der Waals surface area contributed by atoms with Crippen molar-refractivity contribution in [1.82, 2.24) is 4.98 Å². The largest absolute Gasteiger partial charge is 0.470 e. The molecule has 2 N–H and O–H groups in total. The van der Waals surface area contributed by atoms with Crippen LogP contribution >= 0.6 is 0 Å². The first kappa shape index (κ1) is 11.7. The van der Waals surface area contributed by atoms with Crippen LogP contribution in [0.2, 0.25) is 0 Å². The molecule has 0 spiro atoms. The Kier molecular flexibility index (Phi) is 3.43. The standard InChI is InChI=1S/C11H14N2O4/c1-15-11(14)9-3-2-8(12)10(13-9)17-7-4-5-16-6-7/h2-3,7H,4-6,12H2,1H3. The molecule has 6 heteroatoms. The van der Waals surface area contributed by atoms with Gasteiger partial charge in [-0.15, -0.1) is 0 Å². The molecule has 2 rings (SSSR count). The van der Waals surface area contributed by atoms with Crippen molar-refractivity contribution >= 4 is 11.7 Å². The number of hydrogen-bond donors (Lipinski definition) is 1. The molecular formula is C11H14N2O4. The van der Waals surface area contributed by atoms with Gasteiger partial charge in [0.1, 0.15) is 6.10 Å². The number of nitrogens with zero attached hydrogens (tertiary/aromatic N) is 1. The van der Waals surface area contributed by atoms with Gasteiger partial charge in [-0.1, -0.05) is 0 Å². The summed E-state index contributed by atoms with van der Waals surface area (Å²) in [4.78, 5) is 15.3. The minimum Gasteiger partial charge on any atom is -0.470 e. The van der Waals surface area contributed by atoms with E-state index < -0.39 is 5.97 Å². The predicted molar refractivity (Wildman–Crippen MR) is 59.8 cm³/mol. The molecule has 0 radical (unpaired) electrons. The van der Waals surface area contributed by atoms with E-state index in [1.807, 2.05) is 0 Å². The Morgan fingerprint density at radius 1 is 1.59 bits per heavy atom. The number of nitrogen functional groups attached to an aromatic ring is 1. The van der Waals surface area contributed by atoms with E-state index in [9.17, 15) is 4.79 Å². The maximum atomic E-state index is 11.3. The van der Waals surface area contributed by atoms with Gasteiger partial charge < -0.3 is 19.9 Å². The van der Waals surface area contributed by atoms with Crippen molar-refractivity contribution in [3.05, 3.63) is 17.8 Å². The van der Waals surface area contributed by atoms with E-state index in [0.29, 0.717) is 18.9 Å². The van der Waals surface area contributed by atoms with Crippen molar-refractivity contribution < 1.29 is 19.0 Å². The molecule has 1 unspecified atom stereocenters. The van der Waals surface area contributed by atoms with E-state index >= 15 is 0 Å². The molecule has 0 aromatic carbocycles. The monoisotopic (exact) mass is 238 g/mol. The topological polar surface area (TPSA) is 83.7 Å². The predicted octanol–water partition coefficient (Wildman–Crippen LogP) is 0.618. The fourth-order valence-electron chi connectivity index (χ4n) is 1.53. The van der Waals surface area contributed by atoms with Gasteiger partial charge in [-0.25, -0.2) is 9.78 Å². The Morgan fingerprint density at radius 3 is 3.06 bits per heavy atom. The second-order valence-electron chi connectivity index (χ2n) is 3.69. The number of carbonyl (C=O) groups is 1. The number of pyridine rings is 1. The third-order valence-electron chi connectivity index (χ3n) is 2.45. The highest BCUT2D eigenvalue weighted by molar-refractivity contribution is 5.87. The Labute approximate surface area is 98.7 Å². The fourth-order valence-corrected chi connectivity index (χ4v) is 1.53. The number of aromatic nitrogens is 1. The van der Waals surface area contributed by atoms with Crippen molar-refractivity contribution in [2.24, 2.45) is 0 Å². The third-order valence-corrected chi connectivity index (χ3v) is 2.45. The second-order valence-corrected chi connectivity index (χ2v) is 3.69. The Hall–Kier alpha value is -1.82. The number of anilines is 1. The normalized spacial score (nSPS) is 19.0. The average Bonchev–Trinajstić information content (AvgIpc) is 2.84. The summed E-state index contributed by atoms with van der Waals surface area (Å²) in [5.74, 6) is -0.263. The van der Waals surface area contributed by atoms with Crippen LogP contribution in [-0.4, -0.2) is 37.4 Å². The summed E-state index contributed by atoms with van der Waals surface area (Å²) < 4.78 is 15.3. The van der Waals surface area contributed by atoms with Crippen molar-refractivity contribution in [2.75, 3.05) is 26.1 Å². The number of esters is 1. The van der Waals surface area contributed by atoms with Crippen LogP contribution in [-0.2, 0) is 9.47 Å². The lowest BCUT2D eigenvalue weighted by Crippen LogP contribution is -2.18. The van der Waals surface area contributed by atoms with Gasteiger partial charge in [0, 0.05) is 6.42 Å². The second kappa shape index (κ2) is 5.01. The van der Waals surface area contributed by atoms with Gasteiger partial charge >= 0.3 is 5.97 Å². The molecule has 2 heterocycles. The first-order valence-corrected chi connectivity index (χ1v) is 5.30. The molecule has 6 nitrogen and oxygen atoms in total. The zero-order chi connectivity index (χ0) is 12.3. The number of hydrogen-bond acceptors (Lipinski definition) is 6. The number of ether oxygens (including phenoxy) is 3. The van der Waals surface area contributed by atoms with Crippen LogP contribution < -0.4 is 10.5 Å². The van der Waals surface area contributed by atoms with Crippen LogP contribution in [0.4, 0.5) is 5.69 Å². The Morgan fingerprint density at radius 2 is 2.41 bits per heavy atom. The smallest absolute Gasteiger partial charge is 0.356 e. The molecule has 1 aromatic heterocycles. The molecule has 92 valence electrons. The summed E-state index contributed by atoms with van der Waals surface area (Å²) in [5.41, 5.74) is 6.30. The van der Waals surface area contributed by atoms with Gasteiger partial charge in [0.05, 0.1) is 26.0 Å². The summed E-state index contributed by atoms with van der Waals surface area (Å²) in [6.45, 7) is 1.19. The number of rotatable bonds is 3. The lowest BCUT2D eigenvalue weighted by molar-refractivity contribution is 0.0591. The summed E-state index contributed by atoms with van der Waals surface area (Å²) in [5, 5.41) is 0. The lowest BCUT2D eigenvalue weighted by atomic mass is 10.3. The molecular weight excluding hydrogens is 224 g/mol. The van der Waals surface area contributed by atoms with Gasteiger partial charge in [-0.2, -0.15) is 0 Å². The van der Waals surface area contributed by atoms with Gasteiger partial charge in [-0.05, 0) is 12.1 Å². The molecule has 1 fully saturated rings. The summed E-state index contributed by atoms with van der Waals surface area (Å²) >= 11 is 0. The summed E-state index contributed by atoms with van der Waals surface area (Å²) in [7, 11) is 1.30. The zero-order valence-electron chi connectivity index (χ0n) is 9.51. The molecule has 1 aromatic rings. The maximum absolute atomic E-state index is 11.3. The van der Waals surface area contributed by atoms with E-state index in [1.54, 1.807) is 6.07 Å². The highest BCUT2D eigenvalue weighted by Crippen LogP contribution is 2.22. The lowest BCUT2D eigenvalue weighted by Gasteiger charge is -2.13. The van der Waals surface area contributed by atoms with Crippen LogP contribution in [0.1, 0.15) is 16.9 Å².